The van der Waals surface area contributed by atoms with E-state index in [-0.39, 0.29) is 5.91 Å². The molecule has 1 aromatic heterocycles. The fraction of sp³-hybridized carbons (Fsp3) is 0.400. The number of nitrogens with zero attached hydrogens (tertiary/aromatic N) is 2. The van der Waals surface area contributed by atoms with E-state index in [1.807, 2.05) is 22.7 Å². The third-order valence-corrected chi connectivity index (χ3v) is 3.45. The first kappa shape index (κ1) is 9.52. The molecule has 4 heteroatoms. The minimum atomic E-state index is 0.0931. The molecule has 1 aromatic rings. The van der Waals surface area contributed by atoms with Gasteiger partial charge in [0.1, 0.15) is 0 Å². The zero-order valence-corrected chi connectivity index (χ0v) is 8.83. The standard InChI is InChI=1S/C10H12N2OS/c1-8-12(5-6-14-8)10(13)9-3-2-4-11-7-9/h2-4,7-8H,5-6H2,1H3. The molecule has 2 heterocycles. The summed E-state index contributed by atoms with van der Waals surface area (Å²) in [6.45, 7) is 2.91. The van der Waals surface area contributed by atoms with E-state index in [2.05, 4.69) is 11.9 Å². The van der Waals surface area contributed by atoms with Gasteiger partial charge in [0.05, 0.1) is 10.9 Å². The Bertz CT molecular complexity index is 328. The second kappa shape index (κ2) is 4.00. The first-order chi connectivity index (χ1) is 6.79. The van der Waals surface area contributed by atoms with Crippen LogP contribution in [0, 0.1) is 0 Å². The number of aromatic nitrogens is 1. The van der Waals surface area contributed by atoms with E-state index in [0.29, 0.717) is 10.9 Å². The van der Waals surface area contributed by atoms with E-state index in [1.54, 1.807) is 18.5 Å². The topological polar surface area (TPSA) is 33.2 Å². The fourth-order valence-electron chi connectivity index (χ4n) is 1.52. The quantitative estimate of drug-likeness (QED) is 0.703. The lowest BCUT2D eigenvalue weighted by molar-refractivity contribution is 0.0768. The maximum atomic E-state index is 11.9. The van der Waals surface area contributed by atoms with E-state index in [9.17, 15) is 4.79 Å². The monoisotopic (exact) mass is 208 g/mol. The molecule has 1 fully saturated rings. The van der Waals surface area contributed by atoms with E-state index >= 15 is 0 Å². The molecular formula is C10H12N2OS. The van der Waals surface area contributed by atoms with Gasteiger partial charge in [-0.25, -0.2) is 0 Å². The number of carbonyl (C=O) groups excluding carboxylic acids is 1. The van der Waals surface area contributed by atoms with Crippen molar-refractivity contribution in [2.45, 2.75) is 12.3 Å². The number of amides is 1. The van der Waals surface area contributed by atoms with Crippen molar-refractivity contribution in [3.8, 4) is 0 Å². The van der Waals surface area contributed by atoms with Crippen molar-refractivity contribution in [1.29, 1.82) is 0 Å². The van der Waals surface area contributed by atoms with E-state index in [1.165, 1.54) is 0 Å². The average molecular weight is 208 g/mol. The minimum absolute atomic E-state index is 0.0931. The Kier molecular flexibility index (Phi) is 2.72. The van der Waals surface area contributed by atoms with Gasteiger partial charge in [-0.15, -0.1) is 11.8 Å². The van der Waals surface area contributed by atoms with Crippen molar-refractivity contribution in [3.05, 3.63) is 30.1 Å². The van der Waals surface area contributed by atoms with Crippen LogP contribution in [0.4, 0.5) is 0 Å². The Labute approximate surface area is 87.5 Å². The van der Waals surface area contributed by atoms with Gasteiger partial charge in [-0.1, -0.05) is 0 Å². The van der Waals surface area contributed by atoms with Gasteiger partial charge in [0, 0.05) is 24.7 Å². The highest BCUT2D eigenvalue weighted by atomic mass is 32.2. The van der Waals surface area contributed by atoms with Gasteiger partial charge in [-0.3, -0.25) is 9.78 Å². The zero-order chi connectivity index (χ0) is 9.97. The molecule has 0 saturated carbocycles. The van der Waals surface area contributed by atoms with Crippen LogP contribution in [0.15, 0.2) is 24.5 Å². The van der Waals surface area contributed by atoms with Crippen molar-refractivity contribution >= 4 is 17.7 Å². The van der Waals surface area contributed by atoms with Crippen LogP contribution >= 0.6 is 11.8 Å². The highest BCUT2D eigenvalue weighted by Gasteiger charge is 2.26. The summed E-state index contributed by atoms with van der Waals surface area (Å²) in [6.07, 6.45) is 3.30. The molecule has 3 nitrogen and oxygen atoms in total. The van der Waals surface area contributed by atoms with Gasteiger partial charge >= 0.3 is 0 Å². The normalized spacial score (nSPS) is 21.2. The third kappa shape index (κ3) is 1.75. The van der Waals surface area contributed by atoms with Crippen LogP contribution in [0.5, 0.6) is 0 Å². The fourth-order valence-corrected chi connectivity index (χ4v) is 2.54. The second-order valence-corrected chi connectivity index (χ2v) is 4.63. The summed E-state index contributed by atoms with van der Waals surface area (Å²) in [5.41, 5.74) is 0.682. The Morgan fingerprint density at radius 2 is 2.57 bits per heavy atom. The Morgan fingerprint density at radius 3 is 3.14 bits per heavy atom. The van der Waals surface area contributed by atoms with Crippen molar-refractivity contribution in [3.63, 3.8) is 0 Å². The lowest BCUT2D eigenvalue weighted by Crippen LogP contribution is -2.33. The van der Waals surface area contributed by atoms with Crippen LogP contribution in [0.1, 0.15) is 17.3 Å². The highest BCUT2D eigenvalue weighted by Crippen LogP contribution is 2.24. The van der Waals surface area contributed by atoms with Crippen LogP contribution in [0.3, 0.4) is 0 Å². The molecule has 0 spiro atoms. The minimum Gasteiger partial charge on any atom is -0.326 e. The lowest BCUT2D eigenvalue weighted by atomic mass is 10.2. The number of hydrogen-bond donors (Lipinski definition) is 0. The summed E-state index contributed by atoms with van der Waals surface area (Å²) in [4.78, 5) is 17.8. The smallest absolute Gasteiger partial charge is 0.256 e. The van der Waals surface area contributed by atoms with Crippen LogP contribution in [0.25, 0.3) is 0 Å². The molecule has 1 aliphatic heterocycles. The molecule has 0 bridgehead atoms. The number of pyridine rings is 1. The van der Waals surface area contributed by atoms with E-state index in [4.69, 9.17) is 0 Å². The van der Waals surface area contributed by atoms with Gasteiger partial charge in [-0.05, 0) is 19.1 Å². The summed E-state index contributed by atoms with van der Waals surface area (Å²) >= 11 is 1.81. The lowest BCUT2D eigenvalue weighted by Gasteiger charge is -2.19. The molecule has 1 amide bonds. The number of hydrogen-bond acceptors (Lipinski definition) is 3. The Morgan fingerprint density at radius 1 is 1.71 bits per heavy atom. The molecule has 2 rings (SSSR count). The zero-order valence-electron chi connectivity index (χ0n) is 8.01. The molecule has 0 N–H and O–H groups in total. The van der Waals surface area contributed by atoms with Crippen LogP contribution in [0.2, 0.25) is 0 Å². The van der Waals surface area contributed by atoms with Gasteiger partial charge < -0.3 is 4.90 Å². The van der Waals surface area contributed by atoms with Gasteiger partial charge in [0.2, 0.25) is 0 Å². The van der Waals surface area contributed by atoms with Gasteiger partial charge in [0.15, 0.2) is 0 Å². The SMILES string of the molecule is CC1SCCN1C(=O)c1cccnc1. The maximum Gasteiger partial charge on any atom is 0.256 e. The summed E-state index contributed by atoms with van der Waals surface area (Å²) in [7, 11) is 0. The molecule has 0 aliphatic carbocycles. The molecule has 0 radical (unpaired) electrons. The molecule has 1 atom stereocenters. The van der Waals surface area contributed by atoms with Crippen molar-refractivity contribution in [2.75, 3.05) is 12.3 Å². The summed E-state index contributed by atoms with van der Waals surface area (Å²) in [5, 5.41) is 0.294. The largest absolute Gasteiger partial charge is 0.326 e. The Balaban J connectivity index is 2.16. The summed E-state index contributed by atoms with van der Waals surface area (Å²) in [6, 6.07) is 3.60. The van der Waals surface area contributed by atoms with Crippen LogP contribution < -0.4 is 0 Å². The second-order valence-electron chi connectivity index (χ2n) is 3.21. The molecule has 14 heavy (non-hydrogen) atoms. The van der Waals surface area contributed by atoms with Crippen LogP contribution in [-0.2, 0) is 0 Å². The molecule has 1 aliphatic rings. The maximum absolute atomic E-state index is 11.9. The first-order valence-electron chi connectivity index (χ1n) is 4.61. The number of rotatable bonds is 1. The predicted octanol–water partition coefficient (Wildman–Crippen LogP) is 1.62. The molecule has 1 unspecified atom stereocenters. The average Bonchev–Trinajstić information content (AvgIpc) is 2.65. The summed E-state index contributed by atoms with van der Waals surface area (Å²) < 4.78 is 0. The van der Waals surface area contributed by atoms with Gasteiger partial charge in [-0.2, -0.15) is 0 Å². The summed E-state index contributed by atoms with van der Waals surface area (Å²) in [5.74, 6) is 1.13. The van der Waals surface area contributed by atoms with Gasteiger partial charge in [0.25, 0.3) is 5.91 Å². The Hall–Kier alpha value is -1.03. The number of thioether (sulfide) groups is 1. The van der Waals surface area contributed by atoms with Crippen molar-refractivity contribution < 1.29 is 4.79 Å². The third-order valence-electron chi connectivity index (χ3n) is 2.30. The predicted molar refractivity (Wildman–Crippen MR) is 57.2 cm³/mol. The van der Waals surface area contributed by atoms with Crippen molar-refractivity contribution in [2.24, 2.45) is 0 Å². The highest BCUT2D eigenvalue weighted by molar-refractivity contribution is 8.00. The van der Waals surface area contributed by atoms with E-state index < -0.39 is 0 Å². The van der Waals surface area contributed by atoms with Crippen LogP contribution in [-0.4, -0.2) is 33.5 Å². The van der Waals surface area contributed by atoms with E-state index in [0.717, 1.165) is 12.3 Å². The molecule has 0 aromatic carbocycles. The molecular weight excluding hydrogens is 196 g/mol. The first-order valence-corrected chi connectivity index (χ1v) is 5.66. The number of carbonyl (C=O) groups is 1. The van der Waals surface area contributed by atoms with Crippen molar-refractivity contribution in [1.82, 2.24) is 9.88 Å². The molecule has 74 valence electrons. The molecule has 1 saturated heterocycles.